The minimum absolute atomic E-state index is 0.273. The number of aryl methyl sites for hydroxylation is 2. The highest BCUT2D eigenvalue weighted by molar-refractivity contribution is 6.30. The number of esters is 1. The van der Waals surface area contributed by atoms with Crippen LogP contribution in [0.1, 0.15) is 11.1 Å². The van der Waals surface area contributed by atoms with Crippen LogP contribution >= 0.6 is 11.6 Å². The number of amides is 3. The van der Waals surface area contributed by atoms with E-state index >= 15 is 0 Å². The first-order valence-corrected chi connectivity index (χ1v) is 7.39. The molecule has 0 bridgehead atoms. The molecule has 124 valence electrons. The van der Waals surface area contributed by atoms with Crippen molar-refractivity contribution >= 4 is 29.5 Å². The standard InChI is InChI=1S/C15H17ClN2O5/c1-9-5-11(16)6-10(2)14(9)23-8-13(20)22-7-12(19)18-4-3-17-15(18)21/h5-6H,3-4,7-8H2,1-2H3,(H,17,21). The van der Waals surface area contributed by atoms with Gasteiger partial charge in [0, 0.05) is 18.1 Å². The predicted molar refractivity (Wildman–Crippen MR) is 82.5 cm³/mol. The van der Waals surface area contributed by atoms with Crippen LogP contribution in [0.4, 0.5) is 4.79 Å². The molecule has 1 N–H and O–H groups in total. The number of nitrogens with zero attached hydrogens (tertiary/aromatic N) is 1. The Bertz CT molecular complexity index is 624. The molecule has 3 amide bonds. The summed E-state index contributed by atoms with van der Waals surface area (Å²) >= 11 is 5.92. The highest BCUT2D eigenvalue weighted by Crippen LogP contribution is 2.26. The Balaban J connectivity index is 1.82. The molecule has 8 heteroatoms. The zero-order chi connectivity index (χ0) is 17.0. The molecule has 2 rings (SSSR count). The molecule has 0 aromatic heterocycles. The zero-order valence-corrected chi connectivity index (χ0v) is 13.6. The number of ether oxygens (including phenoxy) is 2. The van der Waals surface area contributed by atoms with Crippen molar-refractivity contribution in [1.82, 2.24) is 10.2 Å². The minimum Gasteiger partial charge on any atom is -0.481 e. The summed E-state index contributed by atoms with van der Waals surface area (Å²) in [5.74, 6) is -0.699. The fourth-order valence-electron chi connectivity index (χ4n) is 2.23. The van der Waals surface area contributed by atoms with E-state index in [2.05, 4.69) is 5.32 Å². The molecule has 0 saturated carbocycles. The normalized spacial score (nSPS) is 13.7. The molecule has 1 aromatic carbocycles. The van der Waals surface area contributed by atoms with Crippen LogP contribution < -0.4 is 10.1 Å². The third-order valence-electron chi connectivity index (χ3n) is 3.27. The van der Waals surface area contributed by atoms with Gasteiger partial charge < -0.3 is 14.8 Å². The van der Waals surface area contributed by atoms with Gasteiger partial charge in [0.2, 0.25) is 0 Å². The SMILES string of the molecule is Cc1cc(Cl)cc(C)c1OCC(=O)OCC(=O)N1CCNC1=O. The van der Waals surface area contributed by atoms with E-state index in [1.807, 2.05) is 13.8 Å². The first kappa shape index (κ1) is 17.1. The second-order valence-corrected chi connectivity index (χ2v) is 5.53. The zero-order valence-electron chi connectivity index (χ0n) is 12.8. The summed E-state index contributed by atoms with van der Waals surface area (Å²) in [5.41, 5.74) is 1.60. The minimum atomic E-state index is -0.688. The molecule has 1 aliphatic rings. The van der Waals surface area contributed by atoms with Gasteiger partial charge in [0.1, 0.15) is 5.75 Å². The summed E-state index contributed by atoms with van der Waals surface area (Å²) in [6.45, 7) is 3.48. The predicted octanol–water partition coefficient (Wildman–Crippen LogP) is 1.43. The number of carbonyl (C=O) groups is 3. The molecule has 1 aromatic rings. The molecule has 1 heterocycles. The van der Waals surface area contributed by atoms with Gasteiger partial charge in [0.15, 0.2) is 13.2 Å². The van der Waals surface area contributed by atoms with Gasteiger partial charge in [0.25, 0.3) is 5.91 Å². The maximum Gasteiger partial charge on any atom is 0.344 e. The van der Waals surface area contributed by atoms with Gasteiger partial charge in [-0.25, -0.2) is 9.59 Å². The lowest BCUT2D eigenvalue weighted by atomic mass is 10.1. The Morgan fingerprint density at radius 2 is 1.91 bits per heavy atom. The van der Waals surface area contributed by atoms with Crippen LogP contribution in [-0.4, -0.2) is 49.1 Å². The number of nitrogens with one attached hydrogen (secondary N) is 1. The van der Waals surface area contributed by atoms with Crippen LogP contribution in [0.25, 0.3) is 0 Å². The van der Waals surface area contributed by atoms with E-state index in [9.17, 15) is 14.4 Å². The maximum atomic E-state index is 11.7. The number of benzene rings is 1. The van der Waals surface area contributed by atoms with E-state index in [4.69, 9.17) is 21.1 Å². The van der Waals surface area contributed by atoms with Crippen LogP contribution in [0.3, 0.4) is 0 Å². The molecule has 7 nitrogen and oxygen atoms in total. The monoisotopic (exact) mass is 340 g/mol. The number of hydrogen-bond donors (Lipinski definition) is 1. The quantitative estimate of drug-likeness (QED) is 0.820. The highest BCUT2D eigenvalue weighted by atomic mass is 35.5. The van der Waals surface area contributed by atoms with Crippen molar-refractivity contribution in [2.24, 2.45) is 0 Å². The molecule has 0 radical (unpaired) electrons. The smallest absolute Gasteiger partial charge is 0.344 e. The first-order chi connectivity index (χ1) is 10.9. The lowest BCUT2D eigenvalue weighted by molar-refractivity contribution is -0.152. The Morgan fingerprint density at radius 1 is 1.26 bits per heavy atom. The van der Waals surface area contributed by atoms with Crippen molar-refractivity contribution in [3.05, 3.63) is 28.3 Å². The molecule has 0 unspecified atom stereocenters. The van der Waals surface area contributed by atoms with E-state index in [1.54, 1.807) is 12.1 Å². The van der Waals surface area contributed by atoms with Gasteiger partial charge in [-0.2, -0.15) is 0 Å². The van der Waals surface area contributed by atoms with Crippen LogP contribution in [-0.2, 0) is 14.3 Å². The van der Waals surface area contributed by atoms with Crippen molar-refractivity contribution in [1.29, 1.82) is 0 Å². The largest absolute Gasteiger partial charge is 0.481 e. The van der Waals surface area contributed by atoms with E-state index in [0.29, 0.717) is 17.3 Å². The number of halogens is 1. The topological polar surface area (TPSA) is 84.9 Å². The molecular formula is C15H17ClN2O5. The maximum absolute atomic E-state index is 11.7. The Hall–Kier alpha value is -2.28. The van der Waals surface area contributed by atoms with Crippen molar-refractivity contribution in [2.45, 2.75) is 13.8 Å². The van der Waals surface area contributed by atoms with Gasteiger partial charge >= 0.3 is 12.0 Å². The number of carbonyl (C=O) groups excluding carboxylic acids is 3. The Morgan fingerprint density at radius 3 is 2.48 bits per heavy atom. The number of hydrogen-bond acceptors (Lipinski definition) is 5. The molecule has 1 aliphatic heterocycles. The molecule has 23 heavy (non-hydrogen) atoms. The van der Waals surface area contributed by atoms with Crippen LogP contribution in [0.15, 0.2) is 12.1 Å². The number of imide groups is 1. The van der Waals surface area contributed by atoms with Gasteiger partial charge in [-0.05, 0) is 37.1 Å². The van der Waals surface area contributed by atoms with Gasteiger partial charge in [0.05, 0.1) is 0 Å². The Labute approximate surface area is 138 Å². The average Bonchev–Trinajstić information content (AvgIpc) is 2.89. The molecule has 0 spiro atoms. The van der Waals surface area contributed by atoms with Gasteiger partial charge in [-0.15, -0.1) is 0 Å². The first-order valence-electron chi connectivity index (χ1n) is 7.02. The fraction of sp³-hybridized carbons (Fsp3) is 0.400. The van der Waals surface area contributed by atoms with Gasteiger partial charge in [-0.1, -0.05) is 11.6 Å². The van der Waals surface area contributed by atoms with Gasteiger partial charge in [-0.3, -0.25) is 9.69 Å². The van der Waals surface area contributed by atoms with E-state index in [-0.39, 0.29) is 13.2 Å². The summed E-state index contributed by atoms with van der Waals surface area (Å²) in [6, 6.07) is 2.98. The Kier molecular flexibility index (Phi) is 5.44. The summed E-state index contributed by atoms with van der Waals surface area (Å²) in [6.07, 6.45) is 0. The summed E-state index contributed by atoms with van der Waals surface area (Å²) in [7, 11) is 0. The fourth-order valence-corrected chi connectivity index (χ4v) is 2.55. The van der Waals surface area contributed by atoms with Crippen LogP contribution in [0.5, 0.6) is 5.75 Å². The van der Waals surface area contributed by atoms with Crippen LogP contribution in [0, 0.1) is 13.8 Å². The highest BCUT2D eigenvalue weighted by Gasteiger charge is 2.26. The number of urea groups is 1. The number of rotatable bonds is 5. The lowest BCUT2D eigenvalue weighted by Crippen LogP contribution is -2.37. The van der Waals surface area contributed by atoms with E-state index in [1.165, 1.54) is 0 Å². The molecule has 0 aliphatic carbocycles. The second kappa shape index (κ2) is 7.32. The molecule has 1 saturated heterocycles. The average molecular weight is 341 g/mol. The molecule has 0 atom stereocenters. The summed E-state index contributed by atoms with van der Waals surface area (Å²) in [4.78, 5) is 35.7. The van der Waals surface area contributed by atoms with Crippen molar-refractivity contribution in [3.63, 3.8) is 0 Å². The molecule has 1 fully saturated rings. The van der Waals surface area contributed by atoms with Crippen molar-refractivity contribution < 1.29 is 23.9 Å². The van der Waals surface area contributed by atoms with Crippen LogP contribution in [0.2, 0.25) is 5.02 Å². The van der Waals surface area contributed by atoms with E-state index in [0.717, 1.165) is 16.0 Å². The van der Waals surface area contributed by atoms with Crippen molar-refractivity contribution in [3.8, 4) is 5.75 Å². The third-order valence-corrected chi connectivity index (χ3v) is 3.49. The second-order valence-electron chi connectivity index (χ2n) is 5.10. The van der Waals surface area contributed by atoms with Crippen molar-refractivity contribution in [2.75, 3.05) is 26.3 Å². The summed E-state index contributed by atoms with van der Waals surface area (Å²) < 4.78 is 10.3. The third kappa shape index (κ3) is 4.35. The molecular weight excluding hydrogens is 324 g/mol. The van der Waals surface area contributed by atoms with E-state index < -0.39 is 24.5 Å². The lowest BCUT2D eigenvalue weighted by Gasteiger charge is -2.14. The summed E-state index contributed by atoms with van der Waals surface area (Å²) in [5, 5.41) is 3.08.